The van der Waals surface area contributed by atoms with E-state index in [0.717, 1.165) is 0 Å². The van der Waals surface area contributed by atoms with Gasteiger partial charge in [0, 0.05) is 31.6 Å². The molecular weight excluding hydrogens is 326 g/mol. The van der Waals surface area contributed by atoms with Gasteiger partial charge in [0.25, 0.3) is 11.6 Å². The van der Waals surface area contributed by atoms with Crippen LogP contribution in [-0.2, 0) is 7.05 Å². The molecule has 0 aliphatic carbocycles. The summed E-state index contributed by atoms with van der Waals surface area (Å²) in [5, 5.41) is 17.7. The van der Waals surface area contributed by atoms with Gasteiger partial charge in [0.2, 0.25) is 0 Å². The lowest BCUT2D eigenvalue weighted by molar-refractivity contribution is -0.384. The second-order valence-corrected chi connectivity index (χ2v) is 5.09. The highest BCUT2D eigenvalue weighted by molar-refractivity contribution is 6.03. The van der Waals surface area contributed by atoms with E-state index in [-0.39, 0.29) is 22.8 Å². The lowest BCUT2D eigenvalue weighted by Crippen LogP contribution is -2.13. The topological polar surface area (TPSA) is 112 Å². The molecule has 0 bridgehead atoms. The van der Waals surface area contributed by atoms with E-state index in [1.807, 2.05) is 0 Å². The molecule has 2 aromatic heterocycles. The minimum Gasteiger partial charge on any atom is -0.455 e. The van der Waals surface area contributed by atoms with Crippen molar-refractivity contribution in [2.24, 2.45) is 7.05 Å². The van der Waals surface area contributed by atoms with E-state index in [0.29, 0.717) is 5.75 Å². The third-order valence-corrected chi connectivity index (χ3v) is 3.18. The molecule has 126 valence electrons. The molecule has 1 amide bonds. The quantitative estimate of drug-likeness (QED) is 0.565. The first-order valence-corrected chi connectivity index (χ1v) is 7.19. The van der Waals surface area contributed by atoms with Crippen LogP contribution in [0.2, 0.25) is 0 Å². The fourth-order valence-corrected chi connectivity index (χ4v) is 2.09. The molecular formula is C16H13N5O4. The van der Waals surface area contributed by atoms with Gasteiger partial charge >= 0.3 is 0 Å². The first-order chi connectivity index (χ1) is 12.0. The zero-order valence-corrected chi connectivity index (χ0v) is 13.1. The number of nitro groups is 1. The standard InChI is InChI=1S/C16H13N5O4/c1-20-6-4-15(19-20)16(22)18-11-7-12(21(23)24)9-14(8-11)25-13-3-2-5-17-10-13/h2-10H,1H3,(H,18,22). The average Bonchev–Trinajstić information content (AvgIpc) is 3.02. The summed E-state index contributed by atoms with van der Waals surface area (Å²) in [5.41, 5.74) is 0.213. The Kier molecular flexibility index (Phi) is 4.38. The molecule has 1 N–H and O–H groups in total. The van der Waals surface area contributed by atoms with Crippen molar-refractivity contribution in [1.82, 2.24) is 14.8 Å². The van der Waals surface area contributed by atoms with Gasteiger partial charge in [-0.05, 0) is 18.2 Å². The van der Waals surface area contributed by atoms with Crippen molar-refractivity contribution in [3.63, 3.8) is 0 Å². The number of carbonyl (C=O) groups is 1. The van der Waals surface area contributed by atoms with Gasteiger partial charge in [0.05, 0.1) is 22.9 Å². The maximum atomic E-state index is 12.2. The molecule has 3 rings (SSSR count). The van der Waals surface area contributed by atoms with Crippen molar-refractivity contribution < 1.29 is 14.5 Å². The van der Waals surface area contributed by atoms with Gasteiger partial charge in [-0.15, -0.1) is 0 Å². The Labute approximate surface area is 142 Å². The summed E-state index contributed by atoms with van der Waals surface area (Å²) in [6, 6.07) is 8.88. The summed E-state index contributed by atoms with van der Waals surface area (Å²) in [5.74, 6) is 0.150. The Balaban J connectivity index is 1.87. The number of ether oxygens (including phenoxy) is 1. The SMILES string of the molecule is Cn1ccc(C(=O)Nc2cc(Oc3cccnc3)cc([N+](=O)[O-])c2)n1. The van der Waals surface area contributed by atoms with Gasteiger partial charge in [-0.1, -0.05) is 0 Å². The molecule has 0 saturated heterocycles. The van der Waals surface area contributed by atoms with Gasteiger partial charge in [-0.3, -0.25) is 24.6 Å². The molecule has 0 spiro atoms. The van der Waals surface area contributed by atoms with Crippen molar-refractivity contribution in [1.29, 1.82) is 0 Å². The summed E-state index contributed by atoms with van der Waals surface area (Å²) >= 11 is 0. The van der Waals surface area contributed by atoms with Gasteiger partial charge in [-0.25, -0.2) is 0 Å². The smallest absolute Gasteiger partial charge is 0.276 e. The molecule has 3 aromatic rings. The lowest BCUT2D eigenvalue weighted by Gasteiger charge is -2.08. The van der Waals surface area contributed by atoms with Crippen LogP contribution in [0.3, 0.4) is 0 Å². The largest absolute Gasteiger partial charge is 0.455 e. The van der Waals surface area contributed by atoms with Crippen LogP contribution in [-0.4, -0.2) is 25.6 Å². The number of benzene rings is 1. The van der Waals surface area contributed by atoms with Crippen LogP contribution < -0.4 is 10.1 Å². The van der Waals surface area contributed by atoms with E-state index >= 15 is 0 Å². The molecule has 9 nitrogen and oxygen atoms in total. The molecule has 0 radical (unpaired) electrons. The van der Waals surface area contributed by atoms with Crippen LogP contribution >= 0.6 is 0 Å². The number of rotatable bonds is 5. The fourth-order valence-electron chi connectivity index (χ4n) is 2.09. The number of nitro benzene ring substituents is 1. The van der Waals surface area contributed by atoms with Crippen LogP contribution in [0.15, 0.2) is 55.0 Å². The normalized spacial score (nSPS) is 10.3. The summed E-state index contributed by atoms with van der Waals surface area (Å²) < 4.78 is 7.05. The molecule has 0 unspecified atom stereocenters. The first kappa shape index (κ1) is 16.1. The number of pyridine rings is 1. The Morgan fingerprint density at radius 3 is 2.76 bits per heavy atom. The first-order valence-electron chi connectivity index (χ1n) is 7.19. The van der Waals surface area contributed by atoms with E-state index < -0.39 is 10.8 Å². The molecule has 2 heterocycles. The van der Waals surface area contributed by atoms with Crippen molar-refractivity contribution in [3.8, 4) is 11.5 Å². The molecule has 0 fully saturated rings. The zero-order chi connectivity index (χ0) is 17.8. The summed E-state index contributed by atoms with van der Waals surface area (Å²) in [6.07, 6.45) is 4.68. The third-order valence-electron chi connectivity index (χ3n) is 3.18. The summed E-state index contributed by atoms with van der Waals surface area (Å²) in [7, 11) is 1.68. The van der Waals surface area contributed by atoms with Crippen molar-refractivity contribution in [2.75, 3.05) is 5.32 Å². The monoisotopic (exact) mass is 339 g/mol. The number of non-ortho nitro benzene ring substituents is 1. The molecule has 0 aliphatic rings. The van der Waals surface area contributed by atoms with Crippen LogP contribution in [0.25, 0.3) is 0 Å². The Hall–Kier alpha value is -3.75. The number of anilines is 1. The molecule has 1 aromatic carbocycles. The maximum Gasteiger partial charge on any atom is 0.276 e. The minimum absolute atomic E-state index is 0.198. The summed E-state index contributed by atoms with van der Waals surface area (Å²) in [6.45, 7) is 0. The Morgan fingerprint density at radius 1 is 1.28 bits per heavy atom. The number of aromatic nitrogens is 3. The van der Waals surface area contributed by atoms with Gasteiger partial charge in [0.15, 0.2) is 5.69 Å². The van der Waals surface area contributed by atoms with Crippen LogP contribution in [0.1, 0.15) is 10.5 Å². The second kappa shape index (κ2) is 6.79. The van der Waals surface area contributed by atoms with Gasteiger partial charge in [-0.2, -0.15) is 5.10 Å². The maximum absolute atomic E-state index is 12.2. The molecule has 0 aliphatic heterocycles. The third kappa shape index (κ3) is 3.96. The Bertz CT molecular complexity index is 923. The lowest BCUT2D eigenvalue weighted by atomic mass is 10.2. The van der Waals surface area contributed by atoms with Crippen molar-refractivity contribution in [2.45, 2.75) is 0 Å². The number of hydrogen-bond donors (Lipinski definition) is 1. The van der Waals surface area contributed by atoms with E-state index in [4.69, 9.17) is 4.74 Å². The van der Waals surface area contributed by atoms with E-state index in [2.05, 4.69) is 15.4 Å². The second-order valence-electron chi connectivity index (χ2n) is 5.09. The zero-order valence-electron chi connectivity index (χ0n) is 13.1. The number of nitrogens with one attached hydrogen (secondary N) is 1. The highest BCUT2D eigenvalue weighted by Crippen LogP contribution is 2.29. The minimum atomic E-state index is -0.563. The van der Waals surface area contributed by atoms with Crippen molar-refractivity contribution in [3.05, 3.63) is 70.8 Å². The number of nitrogens with zero attached hydrogens (tertiary/aromatic N) is 4. The van der Waals surface area contributed by atoms with Crippen LogP contribution in [0.5, 0.6) is 11.5 Å². The molecule has 25 heavy (non-hydrogen) atoms. The number of hydrogen-bond acceptors (Lipinski definition) is 6. The predicted molar refractivity (Wildman–Crippen MR) is 88.6 cm³/mol. The van der Waals surface area contributed by atoms with Crippen LogP contribution in [0, 0.1) is 10.1 Å². The molecule has 9 heteroatoms. The summed E-state index contributed by atoms with van der Waals surface area (Å²) in [4.78, 5) is 26.6. The fraction of sp³-hybridized carbons (Fsp3) is 0.0625. The van der Waals surface area contributed by atoms with Gasteiger partial charge in [0.1, 0.15) is 11.5 Å². The highest BCUT2D eigenvalue weighted by Gasteiger charge is 2.15. The number of aryl methyl sites for hydroxylation is 1. The van der Waals surface area contributed by atoms with E-state index in [1.54, 1.807) is 37.6 Å². The molecule has 0 atom stereocenters. The van der Waals surface area contributed by atoms with E-state index in [9.17, 15) is 14.9 Å². The van der Waals surface area contributed by atoms with E-state index in [1.165, 1.54) is 29.1 Å². The highest BCUT2D eigenvalue weighted by atomic mass is 16.6. The number of carbonyl (C=O) groups excluding carboxylic acids is 1. The Morgan fingerprint density at radius 2 is 2.12 bits per heavy atom. The predicted octanol–water partition coefficient (Wildman–Crippen LogP) is 2.77. The van der Waals surface area contributed by atoms with Crippen molar-refractivity contribution >= 4 is 17.3 Å². The van der Waals surface area contributed by atoms with Gasteiger partial charge < -0.3 is 10.1 Å². The average molecular weight is 339 g/mol. The van der Waals surface area contributed by atoms with Crippen LogP contribution in [0.4, 0.5) is 11.4 Å². The number of amides is 1. The molecule has 0 saturated carbocycles.